The third kappa shape index (κ3) is 1.50. The smallest absolute Gasteiger partial charge is 0.128 e. The van der Waals surface area contributed by atoms with Gasteiger partial charge in [-0.05, 0) is 40.8 Å². The van der Waals surface area contributed by atoms with Crippen LogP contribution in [0.25, 0.3) is 21.5 Å². The molecule has 3 rings (SSSR count). The van der Waals surface area contributed by atoms with Gasteiger partial charge in [0.15, 0.2) is 0 Å². The molecule has 3 aromatic carbocycles. The Morgan fingerprint density at radius 3 is 2.17 bits per heavy atom. The van der Waals surface area contributed by atoms with Crippen molar-refractivity contribution >= 4 is 27.2 Å². The zero-order chi connectivity index (χ0) is 12.7. The van der Waals surface area contributed by atoms with Gasteiger partial charge in [-0.1, -0.05) is 24.3 Å². The van der Waals surface area contributed by atoms with E-state index in [1.54, 1.807) is 7.11 Å². The average Bonchev–Trinajstić information content (AvgIpc) is 2.41. The lowest BCUT2D eigenvalue weighted by Gasteiger charge is -2.12. The van der Waals surface area contributed by atoms with E-state index in [0.717, 1.165) is 27.8 Å². The maximum atomic E-state index is 6.03. The Bertz CT molecular complexity index is 747. The van der Waals surface area contributed by atoms with Crippen LogP contribution in [0.3, 0.4) is 0 Å². The van der Waals surface area contributed by atoms with Crippen molar-refractivity contribution in [3.8, 4) is 5.75 Å². The second-order valence-electron chi connectivity index (χ2n) is 4.54. The second kappa shape index (κ2) is 3.91. The fraction of sp³-hybridized carbons (Fsp3) is 0.125. The van der Waals surface area contributed by atoms with E-state index >= 15 is 0 Å². The molecule has 90 valence electrons. The van der Waals surface area contributed by atoms with Gasteiger partial charge in [0.1, 0.15) is 5.75 Å². The highest BCUT2D eigenvalue weighted by molar-refractivity contribution is 6.04. The summed E-state index contributed by atoms with van der Waals surface area (Å²) in [7, 11) is 1.68. The van der Waals surface area contributed by atoms with Crippen LogP contribution < -0.4 is 10.5 Å². The highest BCUT2D eigenvalue weighted by Crippen LogP contribution is 2.35. The third-order valence-electron chi connectivity index (χ3n) is 3.49. The normalized spacial score (nSPS) is 11.0. The van der Waals surface area contributed by atoms with Gasteiger partial charge in [0.2, 0.25) is 0 Å². The van der Waals surface area contributed by atoms with Gasteiger partial charge < -0.3 is 10.5 Å². The van der Waals surface area contributed by atoms with Gasteiger partial charge in [0.25, 0.3) is 0 Å². The van der Waals surface area contributed by atoms with Gasteiger partial charge in [0.05, 0.1) is 7.11 Å². The molecule has 0 aliphatic heterocycles. The number of hydrogen-bond donors (Lipinski definition) is 1. The monoisotopic (exact) mass is 237 g/mol. The SMILES string of the molecule is COc1cc(N)c(C)c2cc3ccccc3cc12. The summed E-state index contributed by atoms with van der Waals surface area (Å²) < 4.78 is 5.43. The third-order valence-corrected chi connectivity index (χ3v) is 3.49. The van der Waals surface area contributed by atoms with Crippen LogP contribution in [0.4, 0.5) is 5.69 Å². The summed E-state index contributed by atoms with van der Waals surface area (Å²) in [5.74, 6) is 0.832. The number of anilines is 1. The van der Waals surface area contributed by atoms with E-state index in [0.29, 0.717) is 0 Å². The van der Waals surface area contributed by atoms with E-state index in [1.807, 2.05) is 25.1 Å². The molecule has 0 radical (unpaired) electrons. The Labute approximate surface area is 106 Å². The molecule has 0 saturated carbocycles. The van der Waals surface area contributed by atoms with E-state index in [1.165, 1.54) is 10.8 Å². The summed E-state index contributed by atoms with van der Waals surface area (Å²) in [6, 6.07) is 14.6. The predicted octanol–water partition coefficient (Wildman–Crippen LogP) is 3.89. The minimum atomic E-state index is 0.773. The van der Waals surface area contributed by atoms with Crippen molar-refractivity contribution in [2.45, 2.75) is 6.92 Å². The van der Waals surface area contributed by atoms with E-state index in [9.17, 15) is 0 Å². The molecule has 0 spiro atoms. The summed E-state index contributed by atoms with van der Waals surface area (Å²) in [6.45, 7) is 2.05. The number of rotatable bonds is 1. The largest absolute Gasteiger partial charge is 0.496 e. The summed E-state index contributed by atoms with van der Waals surface area (Å²) in [6.07, 6.45) is 0. The number of hydrogen-bond acceptors (Lipinski definition) is 2. The van der Waals surface area contributed by atoms with Crippen molar-refractivity contribution in [1.82, 2.24) is 0 Å². The van der Waals surface area contributed by atoms with Crippen LogP contribution in [0.15, 0.2) is 42.5 Å². The van der Waals surface area contributed by atoms with Crippen molar-refractivity contribution in [2.24, 2.45) is 0 Å². The molecule has 0 bridgehead atoms. The molecule has 0 fully saturated rings. The van der Waals surface area contributed by atoms with Crippen LogP contribution >= 0.6 is 0 Å². The number of methoxy groups -OCH3 is 1. The molecule has 0 saturated heterocycles. The number of aryl methyl sites for hydroxylation is 1. The predicted molar refractivity (Wildman–Crippen MR) is 77.2 cm³/mol. The Balaban J connectivity index is 2.52. The molecule has 0 heterocycles. The molecule has 2 N–H and O–H groups in total. The van der Waals surface area contributed by atoms with Gasteiger partial charge in [-0.15, -0.1) is 0 Å². The molecule has 2 nitrogen and oxygen atoms in total. The summed E-state index contributed by atoms with van der Waals surface area (Å²) in [5.41, 5.74) is 7.91. The Hall–Kier alpha value is -2.22. The van der Waals surface area contributed by atoms with Gasteiger partial charge in [-0.3, -0.25) is 0 Å². The van der Waals surface area contributed by atoms with Gasteiger partial charge in [-0.25, -0.2) is 0 Å². The molecular weight excluding hydrogens is 222 g/mol. The fourth-order valence-electron chi connectivity index (χ4n) is 2.41. The number of fused-ring (bicyclic) bond motifs is 2. The summed E-state index contributed by atoms with van der Waals surface area (Å²) in [5, 5.41) is 4.71. The van der Waals surface area contributed by atoms with E-state index < -0.39 is 0 Å². The van der Waals surface area contributed by atoms with Crippen LogP contribution in [-0.2, 0) is 0 Å². The van der Waals surface area contributed by atoms with Crippen LogP contribution in [0, 0.1) is 6.92 Å². The molecule has 0 unspecified atom stereocenters. The van der Waals surface area contributed by atoms with E-state index in [4.69, 9.17) is 10.5 Å². The van der Waals surface area contributed by atoms with Crippen LogP contribution in [0.1, 0.15) is 5.56 Å². The van der Waals surface area contributed by atoms with Crippen LogP contribution in [0.5, 0.6) is 5.75 Å². The molecule has 3 aromatic rings. The number of benzene rings is 3. The minimum absolute atomic E-state index is 0.773. The van der Waals surface area contributed by atoms with Crippen molar-refractivity contribution in [1.29, 1.82) is 0 Å². The van der Waals surface area contributed by atoms with E-state index in [-0.39, 0.29) is 0 Å². The van der Waals surface area contributed by atoms with Crippen molar-refractivity contribution in [3.05, 3.63) is 48.0 Å². The van der Waals surface area contributed by atoms with Gasteiger partial charge in [0, 0.05) is 17.1 Å². The van der Waals surface area contributed by atoms with Crippen molar-refractivity contribution < 1.29 is 4.74 Å². The summed E-state index contributed by atoms with van der Waals surface area (Å²) in [4.78, 5) is 0. The molecule has 2 heteroatoms. The molecule has 18 heavy (non-hydrogen) atoms. The zero-order valence-electron chi connectivity index (χ0n) is 10.5. The lowest BCUT2D eigenvalue weighted by molar-refractivity contribution is 0.420. The molecule has 0 aliphatic rings. The minimum Gasteiger partial charge on any atom is -0.496 e. The Morgan fingerprint density at radius 1 is 0.944 bits per heavy atom. The first-order chi connectivity index (χ1) is 8.70. The van der Waals surface area contributed by atoms with Crippen LogP contribution in [-0.4, -0.2) is 7.11 Å². The maximum absolute atomic E-state index is 6.03. The maximum Gasteiger partial charge on any atom is 0.128 e. The van der Waals surface area contributed by atoms with Gasteiger partial charge >= 0.3 is 0 Å². The Kier molecular flexibility index (Phi) is 2.37. The fourth-order valence-corrected chi connectivity index (χ4v) is 2.41. The standard InChI is InChI=1S/C16H15NO/c1-10-13-7-11-5-3-4-6-12(11)8-14(13)16(18-2)9-15(10)17/h3-9H,17H2,1-2H3. The number of nitrogens with two attached hydrogens (primary N) is 1. The quantitative estimate of drug-likeness (QED) is 0.514. The van der Waals surface area contributed by atoms with Crippen LogP contribution in [0.2, 0.25) is 0 Å². The average molecular weight is 237 g/mol. The highest BCUT2D eigenvalue weighted by Gasteiger charge is 2.08. The first kappa shape index (κ1) is 10.9. The lowest BCUT2D eigenvalue weighted by atomic mass is 9.98. The van der Waals surface area contributed by atoms with Gasteiger partial charge in [-0.2, -0.15) is 0 Å². The highest BCUT2D eigenvalue weighted by atomic mass is 16.5. The van der Waals surface area contributed by atoms with Crippen molar-refractivity contribution in [2.75, 3.05) is 12.8 Å². The van der Waals surface area contributed by atoms with Crippen molar-refractivity contribution in [3.63, 3.8) is 0 Å². The molecule has 0 aliphatic carbocycles. The number of ether oxygens (including phenoxy) is 1. The first-order valence-corrected chi connectivity index (χ1v) is 5.96. The zero-order valence-corrected chi connectivity index (χ0v) is 10.5. The second-order valence-corrected chi connectivity index (χ2v) is 4.54. The molecular formula is C16H15NO. The Morgan fingerprint density at radius 2 is 1.56 bits per heavy atom. The summed E-state index contributed by atoms with van der Waals surface area (Å²) >= 11 is 0. The van der Waals surface area contributed by atoms with E-state index in [2.05, 4.69) is 24.3 Å². The molecule has 0 amide bonds. The topological polar surface area (TPSA) is 35.2 Å². The molecule has 0 aromatic heterocycles. The molecule has 0 atom stereocenters. The first-order valence-electron chi connectivity index (χ1n) is 5.96. The lowest BCUT2D eigenvalue weighted by Crippen LogP contribution is -1.94. The number of nitrogen functional groups attached to an aromatic ring is 1.